The van der Waals surface area contributed by atoms with Gasteiger partial charge in [0.15, 0.2) is 0 Å². The summed E-state index contributed by atoms with van der Waals surface area (Å²) in [4.78, 5) is 10.2. The summed E-state index contributed by atoms with van der Waals surface area (Å²) in [5.41, 5.74) is 1.64. The number of nitro groups is 1. The van der Waals surface area contributed by atoms with E-state index in [0.717, 1.165) is 16.7 Å². The zero-order valence-corrected chi connectivity index (χ0v) is 11.5. The standard InChI is InChI=1S/C14H13NO3.C2H4/c1-3-10(4-2)7-13-8-11-5-6-12(15(16)17)9-14(11)18-13;1-2/h3-6,8-9H,1,7H2,2H3;1-2H2/b10-4+;. The Labute approximate surface area is 117 Å². The molecule has 0 fully saturated rings. The average Bonchev–Trinajstić information content (AvgIpc) is 2.88. The van der Waals surface area contributed by atoms with Crippen LogP contribution in [-0.2, 0) is 6.42 Å². The normalized spacial score (nSPS) is 10.8. The highest BCUT2D eigenvalue weighted by atomic mass is 16.6. The minimum absolute atomic E-state index is 0.0402. The van der Waals surface area contributed by atoms with E-state index in [4.69, 9.17) is 4.42 Å². The van der Waals surface area contributed by atoms with E-state index in [0.29, 0.717) is 12.0 Å². The fourth-order valence-corrected chi connectivity index (χ4v) is 1.77. The van der Waals surface area contributed by atoms with E-state index in [-0.39, 0.29) is 5.69 Å². The second kappa shape index (κ2) is 7.09. The molecule has 0 amide bonds. The Bertz CT molecular complexity index is 653. The largest absolute Gasteiger partial charge is 0.460 e. The van der Waals surface area contributed by atoms with Gasteiger partial charge in [-0.25, -0.2) is 0 Å². The summed E-state index contributed by atoms with van der Waals surface area (Å²) in [5.74, 6) is 0.776. The van der Waals surface area contributed by atoms with E-state index in [1.807, 2.05) is 19.1 Å². The van der Waals surface area contributed by atoms with Crippen LogP contribution in [0.2, 0.25) is 0 Å². The molecule has 0 saturated heterocycles. The molecule has 2 aromatic rings. The van der Waals surface area contributed by atoms with Crippen LogP contribution in [-0.4, -0.2) is 4.92 Å². The quantitative estimate of drug-likeness (QED) is 0.347. The molecule has 20 heavy (non-hydrogen) atoms. The Morgan fingerprint density at radius 2 is 2.10 bits per heavy atom. The lowest BCUT2D eigenvalue weighted by atomic mass is 10.1. The molecular weight excluding hydrogens is 254 g/mol. The average molecular weight is 271 g/mol. The lowest BCUT2D eigenvalue weighted by Crippen LogP contribution is -1.85. The van der Waals surface area contributed by atoms with Gasteiger partial charge in [0.2, 0.25) is 0 Å². The number of rotatable bonds is 4. The van der Waals surface area contributed by atoms with Crippen molar-refractivity contribution >= 4 is 16.7 Å². The van der Waals surface area contributed by atoms with Crippen molar-refractivity contribution < 1.29 is 9.34 Å². The van der Waals surface area contributed by atoms with E-state index in [1.165, 1.54) is 12.1 Å². The molecule has 1 aromatic carbocycles. The summed E-state index contributed by atoms with van der Waals surface area (Å²) >= 11 is 0. The predicted octanol–water partition coefficient (Wildman–Crippen LogP) is 4.82. The van der Waals surface area contributed by atoms with Crippen molar-refractivity contribution in [2.75, 3.05) is 0 Å². The maximum atomic E-state index is 10.7. The Kier molecular flexibility index (Phi) is 5.47. The molecule has 0 spiro atoms. The van der Waals surface area contributed by atoms with Crippen LogP contribution in [0.25, 0.3) is 11.0 Å². The SMILES string of the molecule is C=C.C=C/C(=C\C)Cc1cc2ccc([N+](=O)[O-])cc2o1. The summed E-state index contributed by atoms with van der Waals surface area (Å²) in [7, 11) is 0. The van der Waals surface area contributed by atoms with E-state index in [9.17, 15) is 10.1 Å². The van der Waals surface area contributed by atoms with E-state index >= 15 is 0 Å². The first-order chi connectivity index (χ1) is 9.63. The fraction of sp³-hybridized carbons (Fsp3) is 0.125. The van der Waals surface area contributed by atoms with Crippen LogP contribution in [0.5, 0.6) is 0 Å². The molecule has 0 N–H and O–H groups in total. The molecule has 4 heteroatoms. The second-order valence-corrected chi connectivity index (χ2v) is 3.94. The van der Waals surface area contributed by atoms with Crippen molar-refractivity contribution in [3.05, 3.63) is 77.6 Å². The van der Waals surface area contributed by atoms with Gasteiger partial charge in [-0.2, -0.15) is 0 Å². The molecule has 0 bridgehead atoms. The lowest BCUT2D eigenvalue weighted by molar-refractivity contribution is -0.384. The lowest BCUT2D eigenvalue weighted by Gasteiger charge is -1.96. The minimum atomic E-state index is -0.428. The zero-order chi connectivity index (χ0) is 15.1. The highest BCUT2D eigenvalue weighted by Gasteiger charge is 2.10. The smallest absolute Gasteiger partial charge is 0.273 e. The van der Waals surface area contributed by atoms with Crippen molar-refractivity contribution in [3.63, 3.8) is 0 Å². The third-order valence-electron chi connectivity index (χ3n) is 2.78. The number of furan rings is 1. The molecule has 1 heterocycles. The number of nitrogens with zero attached hydrogens (tertiary/aromatic N) is 1. The monoisotopic (exact) mass is 271 g/mol. The fourth-order valence-electron chi connectivity index (χ4n) is 1.77. The van der Waals surface area contributed by atoms with Gasteiger partial charge in [-0.05, 0) is 24.6 Å². The molecule has 2 rings (SSSR count). The maximum Gasteiger partial charge on any atom is 0.273 e. The number of nitro benzene ring substituents is 1. The van der Waals surface area contributed by atoms with Gasteiger partial charge in [-0.1, -0.05) is 18.7 Å². The van der Waals surface area contributed by atoms with Gasteiger partial charge < -0.3 is 4.42 Å². The first-order valence-electron chi connectivity index (χ1n) is 6.08. The van der Waals surface area contributed by atoms with Gasteiger partial charge in [-0.3, -0.25) is 10.1 Å². The van der Waals surface area contributed by atoms with Gasteiger partial charge >= 0.3 is 0 Å². The summed E-state index contributed by atoms with van der Waals surface area (Å²) in [6.07, 6.45) is 4.38. The molecule has 104 valence electrons. The van der Waals surface area contributed by atoms with Crippen LogP contribution in [0.15, 0.2) is 66.1 Å². The highest BCUT2D eigenvalue weighted by Crippen LogP contribution is 2.25. The van der Waals surface area contributed by atoms with Gasteiger partial charge in [0.05, 0.1) is 11.0 Å². The molecule has 0 aliphatic rings. The molecule has 0 unspecified atom stereocenters. The Hall–Kier alpha value is -2.62. The molecule has 0 aliphatic carbocycles. The Morgan fingerprint density at radius 3 is 2.65 bits per heavy atom. The Balaban J connectivity index is 0.000000956. The van der Waals surface area contributed by atoms with Gasteiger partial charge in [0.1, 0.15) is 11.3 Å². The third-order valence-corrected chi connectivity index (χ3v) is 2.78. The van der Waals surface area contributed by atoms with Crippen molar-refractivity contribution in [1.29, 1.82) is 0 Å². The van der Waals surface area contributed by atoms with Crippen LogP contribution in [0.4, 0.5) is 5.69 Å². The zero-order valence-electron chi connectivity index (χ0n) is 11.5. The van der Waals surface area contributed by atoms with Gasteiger partial charge in [-0.15, -0.1) is 13.2 Å². The van der Waals surface area contributed by atoms with Crippen molar-refractivity contribution in [2.45, 2.75) is 13.3 Å². The summed E-state index contributed by atoms with van der Waals surface area (Å²) in [6, 6.07) is 6.52. The number of fused-ring (bicyclic) bond motifs is 1. The number of non-ortho nitro benzene ring substituents is 1. The number of benzene rings is 1. The van der Waals surface area contributed by atoms with E-state index in [1.54, 1.807) is 12.1 Å². The van der Waals surface area contributed by atoms with Crippen LogP contribution in [0, 0.1) is 10.1 Å². The Morgan fingerprint density at radius 1 is 1.40 bits per heavy atom. The second-order valence-electron chi connectivity index (χ2n) is 3.94. The summed E-state index contributed by atoms with van der Waals surface area (Å²) in [6.45, 7) is 11.7. The van der Waals surface area contributed by atoms with Gasteiger partial charge in [0, 0.05) is 17.9 Å². The maximum absolute atomic E-state index is 10.7. The van der Waals surface area contributed by atoms with Crippen LogP contribution in [0.3, 0.4) is 0 Å². The minimum Gasteiger partial charge on any atom is -0.460 e. The number of hydrogen-bond donors (Lipinski definition) is 0. The number of allylic oxidation sites excluding steroid dienone is 3. The summed E-state index contributed by atoms with van der Waals surface area (Å²) in [5, 5.41) is 11.5. The van der Waals surface area contributed by atoms with Crippen LogP contribution in [0.1, 0.15) is 12.7 Å². The summed E-state index contributed by atoms with van der Waals surface area (Å²) < 4.78 is 5.60. The van der Waals surface area contributed by atoms with E-state index < -0.39 is 4.92 Å². The van der Waals surface area contributed by atoms with Crippen LogP contribution >= 0.6 is 0 Å². The highest BCUT2D eigenvalue weighted by molar-refractivity contribution is 5.80. The predicted molar refractivity (Wildman–Crippen MR) is 81.8 cm³/mol. The van der Waals surface area contributed by atoms with Crippen molar-refractivity contribution in [1.82, 2.24) is 0 Å². The number of hydrogen-bond acceptors (Lipinski definition) is 3. The van der Waals surface area contributed by atoms with Crippen molar-refractivity contribution in [3.8, 4) is 0 Å². The topological polar surface area (TPSA) is 56.3 Å². The first kappa shape index (κ1) is 15.4. The van der Waals surface area contributed by atoms with E-state index in [2.05, 4.69) is 19.7 Å². The molecule has 0 saturated carbocycles. The molecular formula is C16H17NO3. The molecule has 0 aliphatic heterocycles. The molecule has 4 nitrogen and oxygen atoms in total. The van der Waals surface area contributed by atoms with Crippen LogP contribution < -0.4 is 0 Å². The first-order valence-corrected chi connectivity index (χ1v) is 6.08. The molecule has 0 atom stereocenters. The van der Waals surface area contributed by atoms with Crippen molar-refractivity contribution in [2.24, 2.45) is 0 Å². The molecule has 1 aromatic heterocycles. The third kappa shape index (κ3) is 3.45. The molecule has 0 radical (unpaired) electrons. The van der Waals surface area contributed by atoms with Gasteiger partial charge in [0.25, 0.3) is 5.69 Å².